The molecule has 0 radical (unpaired) electrons. The molecular weight excluding hydrogens is 266 g/mol. The summed E-state index contributed by atoms with van der Waals surface area (Å²) in [5.41, 5.74) is 1.63. The lowest BCUT2D eigenvalue weighted by Gasteiger charge is -2.16. The van der Waals surface area contributed by atoms with Gasteiger partial charge in [0, 0.05) is 19.2 Å². The smallest absolute Gasteiger partial charge is 0.273 e. The summed E-state index contributed by atoms with van der Waals surface area (Å²) >= 11 is 0. The molecular formula is C16H21N3O2. The van der Waals surface area contributed by atoms with Crippen LogP contribution in [-0.2, 0) is 6.54 Å². The summed E-state index contributed by atoms with van der Waals surface area (Å²) in [6.07, 6.45) is 0.895. The minimum atomic E-state index is -0.183. The Kier molecular flexibility index (Phi) is 5.51. The quantitative estimate of drug-likeness (QED) is 0.793. The molecule has 0 bridgehead atoms. The molecule has 0 fully saturated rings. The van der Waals surface area contributed by atoms with E-state index >= 15 is 0 Å². The van der Waals surface area contributed by atoms with E-state index in [1.54, 1.807) is 13.0 Å². The van der Waals surface area contributed by atoms with E-state index in [1.165, 1.54) is 5.56 Å². The normalized spacial score (nSPS) is 10.8. The molecule has 5 heteroatoms. The molecule has 5 nitrogen and oxygen atoms in total. The number of rotatable bonds is 7. The van der Waals surface area contributed by atoms with E-state index in [0.29, 0.717) is 18.0 Å². The Balaban J connectivity index is 1.64. The number of hydrogen-bond acceptors (Lipinski definition) is 4. The third-order valence-corrected chi connectivity index (χ3v) is 3.16. The molecule has 0 atom stereocenters. The van der Waals surface area contributed by atoms with Gasteiger partial charge < -0.3 is 14.7 Å². The van der Waals surface area contributed by atoms with E-state index in [4.69, 9.17) is 4.52 Å². The first-order chi connectivity index (χ1) is 10.1. The van der Waals surface area contributed by atoms with Crippen LogP contribution in [0, 0.1) is 6.92 Å². The Morgan fingerprint density at radius 3 is 2.76 bits per heavy atom. The summed E-state index contributed by atoms with van der Waals surface area (Å²) in [6.45, 7) is 4.23. The maximum atomic E-state index is 11.7. The minimum Gasteiger partial charge on any atom is -0.361 e. The first-order valence-corrected chi connectivity index (χ1v) is 7.09. The number of nitrogens with zero attached hydrogens (tertiary/aromatic N) is 2. The molecule has 112 valence electrons. The van der Waals surface area contributed by atoms with Gasteiger partial charge in [0.25, 0.3) is 5.91 Å². The Hall–Kier alpha value is -2.14. The van der Waals surface area contributed by atoms with Crippen molar-refractivity contribution in [3.8, 4) is 0 Å². The zero-order chi connectivity index (χ0) is 15.1. The summed E-state index contributed by atoms with van der Waals surface area (Å²) < 4.78 is 4.88. The van der Waals surface area contributed by atoms with Gasteiger partial charge in [0.05, 0.1) is 0 Å². The number of hydrogen-bond donors (Lipinski definition) is 1. The van der Waals surface area contributed by atoms with Crippen LogP contribution in [0.4, 0.5) is 0 Å². The van der Waals surface area contributed by atoms with Crippen molar-refractivity contribution >= 4 is 5.91 Å². The number of aromatic nitrogens is 1. The van der Waals surface area contributed by atoms with Crippen molar-refractivity contribution < 1.29 is 9.32 Å². The zero-order valence-corrected chi connectivity index (χ0v) is 12.5. The molecule has 2 rings (SSSR count). The fourth-order valence-corrected chi connectivity index (χ4v) is 2.09. The van der Waals surface area contributed by atoms with Crippen LogP contribution in [0.5, 0.6) is 0 Å². The van der Waals surface area contributed by atoms with Crippen molar-refractivity contribution in [2.24, 2.45) is 0 Å². The van der Waals surface area contributed by atoms with Crippen LogP contribution in [-0.4, -0.2) is 36.1 Å². The highest BCUT2D eigenvalue weighted by Crippen LogP contribution is 2.03. The van der Waals surface area contributed by atoms with E-state index in [2.05, 4.69) is 34.6 Å². The van der Waals surface area contributed by atoms with E-state index in [9.17, 15) is 4.79 Å². The Morgan fingerprint density at radius 2 is 2.10 bits per heavy atom. The highest BCUT2D eigenvalue weighted by Gasteiger charge is 2.09. The van der Waals surface area contributed by atoms with Crippen LogP contribution >= 0.6 is 0 Å². The SMILES string of the molecule is Cc1cc(C(=O)NCCCN(C)Cc2ccccc2)no1. The predicted molar refractivity (Wildman–Crippen MR) is 81.0 cm³/mol. The summed E-state index contributed by atoms with van der Waals surface area (Å²) in [4.78, 5) is 14.0. The second-order valence-electron chi connectivity index (χ2n) is 5.16. The summed E-state index contributed by atoms with van der Waals surface area (Å²) in [7, 11) is 2.08. The predicted octanol–water partition coefficient (Wildman–Crippen LogP) is 2.23. The maximum absolute atomic E-state index is 11.7. The highest BCUT2D eigenvalue weighted by molar-refractivity contribution is 5.92. The van der Waals surface area contributed by atoms with Gasteiger partial charge in [0.15, 0.2) is 5.69 Å². The number of carbonyl (C=O) groups excluding carboxylic acids is 1. The van der Waals surface area contributed by atoms with Gasteiger partial charge in [-0.05, 0) is 32.5 Å². The van der Waals surface area contributed by atoms with E-state index in [-0.39, 0.29) is 5.91 Å². The van der Waals surface area contributed by atoms with Crippen LogP contribution in [0.3, 0.4) is 0 Å². The molecule has 1 N–H and O–H groups in total. The molecule has 2 aromatic rings. The Bertz CT molecular complexity index is 566. The second-order valence-corrected chi connectivity index (χ2v) is 5.16. The molecule has 0 unspecified atom stereocenters. The van der Waals surface area contributed by atoms with Gasteiger partial charge in [0.1, 0.15) is 5.76 Å². The summed E-state index contributed by atoms with van der Waals surface area (Å²) in [5.74, 6) is 0.459. The van der Waals surface area contributed by atoms with Gasteiger partial charge in [-0.15, -0.1) is 0 Å². The molecule has 1 aromatic heterocycles. The molecule has 21 heavy (non-hydrogen) atoms. The Morgan fingerprint density at radius 1 is 1.33 bits per heavy atom. The lowest BCUT2D eigenvalue weighted by Crippen LogP contribution is -2.28. The van der Waals surface area contributed by atoms with E-state index < -0.39 is 0 Å². The molecule has 1 heterocycles. The summed E-state index contributed by atoms with van der Waals surface area (Å²) in [5, 5.41) is 6.53. The average Bonchev–Trinajstić information content (AvgIpc) is 2.91. The number of aryl methyl sites for hydroxylation is 1. The lowest BCUT2D eigenvalue weighted by molar-refractivity contribution is 0.0943. The average molecular weight is 287 g/mol. The van der Waals surface area contributed by atoms with Gasteiger partial charge in [0.2, 0.25) is 0 Å². The third kappa shape index (κ3) is 5.04. The van der Waals surface area contributed by atoms with Crippen molar-refractivity contribution in [3.63, 3.8) is 0 Å². The summed E-state index contributed by atoms with van der Waals surface area (Å²) in [6, 6.07) is 12.0. The van der Waals surface area contributed by atoms with E-state index in [0.717, 1.165) is 19.5 Å². The molecule has 1 amide bonds. The zero-order valence-electron chi connectivity index (χ0n) is 12.5. The van der Waals surface area contributed by atoms with Crippen LogP contribution in [0.15, 0.2) is 40.9 Å². The topological polar surface area (TPSA) is 58.4 Å². The van der Waals surface area contributed by atoms with Gasteiger partial charge in [-0.1, -0.05) is 35.5 Å². The molecule has 0 saturated carbocycles. The van der Waals surface area contributed by atoms with Gasteiger partial charge in [-0.3, -0.25) is 4.79 Å². The number of benzene rings is 1. The number of amides is 1. The van der Waals surface area contributed by atoms with Gasteiger partial charge >= 0.3 is 0 Å². The van der Waals surface area contributed by atoms with Gasteiger partial charge in [-0.25, -0.2) is 0 Å². The third-order valence-electron chi connectivity index (χ3n) is 3.16. The number of nitrogens with one attached hydrogen (secondary N) is 1. The molecule has 0 aliphatic rings. The van der Waals surface area contributed by atoms with Crippen LogP contribution in [0.2, 0.25) is 0 Å². The minimum absolute atomic E-state index is 0.183. The fraction of sp³-hybridized carbons (Fsp3) is 0.375. The standard InChI is InChI=1S/C16H21N3O2/c1-13-11-15(18-21-13)16(20)17-9-6-10-19(2)12-14-7-4-3-5-8-14/h3-5,7-8,11H,6,9-10,12H2,1-2H3,(H,17,20). The molecule has 0 aliphatic carbocycles. The van der Waals surface area contributed by atoms with Crippen LogP contribution < -0.4 is 5.32 Å². The molecule has 0 saturated heterocycles. The number of carbonyl (C=O) groups is 1. The molecule has 1 aromatic carbocycles. The van der Waals surface area contributed by atoms with Crippen molar-refractivity contribution in [1.82, 2.24) is 15.4 Å². The molecule has 0 spiro atoms. The van der Waals surface area contributed by atoms with Crippen molar-refractivity contribution in [3.05, 3.63) is 53.4 Å². The maximum Gasteiger partial charge on any atom is 0.273 e. The van der Waals surface area contributed by atoms with Gasteiger partial charge in [-0.2, -0.15) is 0 Å². The first-order valence-electron chi connectivity index (χ1n) is 7.09. The largest absolute Gasteiger partial charge is 0.361 e. The monoisotopic (exact) mass is 287 g/mol. The lowest BCUT2D eigenvalue weighted by atomic mass is 10.2. The Labute approximate surface area is 124 Å². The second kappa shape index (κ2) is 7.59. The highest BCUT2D eigenvalue weighted by atomic mass is 16.5. The van der Waals surface area contributed by atoms with E-state index in [1.807, 2.05) is 18.2 Å². The van der Waals surface area contributed by atoms with Crippen molar-refractivity contribution in [2.75, 3.05) is 20.1 Å². The first kappa shape index (κ1) is 15.3. The van der Waals surface area contributed by atoms with Crippen LogP contribution in [0.1, 0.15) is 28.2 Å². The fourth-order valence-electron chi connectivity index (χ4n) is 2.09. The van der Waals surface area contributed by atoms with Crippen molar-refractivity contribution in [2.45, 2.75) is 19.9 Å². The van der Waals surface area contributed by atoms with Crippen LogP contribution in [0.25, 0.3) is 0 Å². The molecule has 0 aliphatic heterocycles. The van der Waals surface area contributed by atoms with Crippen molar-refractivity contribution in [1.29, 1.82) is 0 Å².